The molecule has 0 atom stereocenters. The van der Waals surface area contributed by atoms with Crippen LogP contribution < -0.4 is 5.14 Å². The Morgan fingerprint density at radius 3 is 1.45 bits per heavy atom. The van der Waals surface area contributed by atoms with E-state index in [1.807, 2.05) is 0 Å². The summed E-state index contributed by atoms with van der Waals surface area (Å²) in [6.07, 6.45) is 0. The molecule has 0 saturated carbocycles. The second-order valence-corrected chi connectivity index (χ2v) is 10.3. The summed E-state index contributed by atoms with van der Waals surface area (Å²) in [4.78, 5) is 0. The Morgan fingerprint density at radius 2 is 1.45 bits per heavy atom. The van der Waals surface area contributed by atoms with Crippen LogP contribution in [0, 0.1) is 0 Å². The Bertz CT molecular complexity index is 174. The fourth-order valence-electron chi connectivity index (χ4n) is 0. The molecule has 70 valence electrons. The van der Waals surface area contributed by atoms with E-state index in [4.69, 9.17) is 13.0 Å². The third kappa shape index (κ3) is 69.2. The molecule has 6 heteroatoms. The van der Waals surface area contributed by atoms with Crippen molar-refractivity contribution in [2.75, 3.05) is 0 Å². The first kappa shape index (κ1) is 13.7. The molecule has 0 bridgehead atoms. The summed E-state index contributed by atoms with van der Waals surface area (Å²) in [6.45, 7) is 9.42. The summed E-state index contributed by atoms with van der Waals surface area (Å²) in [6, 6.07) is 1.41. The summed E-state index contributed by atoms with van der Waals surface area (Å²) in [5.74, 6) is 0. The van der Waals surface area contributed by atoms with Gasteiger partial charge in [0.1, 0.15) is 0 Å². The second kappa shape index (κ2) is 4.86. The Morgan fingerprint density at radius 1 is 1.36 bits per heavy atom. The number of nitrogens with two attached hydrogens (primary N) is 1. The van der Waals surface area contributed by atoms with Crippen molar-refractivity contribution < 1.29 is 13.0 Å². The summed E-state index contributed by atoms with van der Waals surface area (Å²) < 4.78 is 25.2. The third-order valence-corrected chi connectivity index (χ3v) is 3.18. The molecule has 0 spiro atoms. The predicted molar refractivity (Wildman–Crippen MR) is 49.6 cm³/mol. The van der Waals surface area contributed by atoms with Crippen molar-refractivity contribution >= 4 is 18.4 Å². The zero-order valence-electron chi connectivity index (χ0n) is 7.46. The quantitative estimate of drug-likeness (QED) is 0.490. The van der Waals surface area contributed by atoms with E-state index in [9.17, 15) is 0 Å². The fraction of sp³-hybridized carbons (Fsp3) is 1.00. The molecule has 3 N–H and O–H groups in total. The zero-order valence-corrected chi connectivity index (χ0v) is 9.27. The maximum Gasteiger partial charge on any atom is 0.330 e. The largest absolute Gasteiger partial charge is 0.330 e. The van der Waals surface area contributed by atoms with E-state index in [2.05, 4.69) is 31.7 Å². The molecule has 0 saturated heterocycles. The molecule has 0 aliphatic rings. The van der Waals surface area contributed by atoms with Gasteiger partial charge in [0, 0.05) is 8.07 Å². The molecule has 0 fully saturated rings. The average Bonchev–Trinajstić information content (AvgIpc) is 1.59. The van der Waals surface area contributed by atoms with Gasteiger partial charge in [-0.25, -0.2) is 5.14 Å². The molecule has 0 radical (unpaired) electrons. The molecule has 0 aromatic carbocycles. The summed E-state index contributed by atoms with van der Waals surface area (Å²) in [5.41, 5.74) is 0. The second-order valence-electron chi connectivity index (χ2n) is 3.43. The molecule has 11 heavy (non-hydrogen) atoms. The van der Waals surface area contributed by atoms with E-state index in [0.29, 0.717) is 0 Å². The number of hydrogen-bond donors (Lipinski definition) is 2. The van der Waals surface area contributed by atoms with Gasteiger partial charge in [-0.3, -0.25) is 4.55 Å². The topological polar surface area (TPSA) is 80.4 Å². The highest BCUT2D eigenvalue weighted by Gasteiger charge is 2.06. The minimum absolute atomic E-state index is 0.631. The van der Waals surface area contributed by atoms with E-state index >= 15 is 0 Å². The third-order valence-electron chi connectivity index (χ3n) is 1.06. The van der Waals surface area contributed by atoms with Gasteiger partial charge in [0.15, 0.2) is 0 Å². The van der Waals surface area contributed by atoms with Crippen molar-refractivity contribution in [1.29, 1.82) is 0 Å². The number of hydrogen-bond acceptors (Lipinski definition) is 2. The monoisotopic (exact) mass is 199 g/mol. The summed E-state index contributed by atoms with van der Waals surface area (Å²) in [7, 11) is -4.80. The Balaban J connectivity index is 0. The molecular weight excluding hydrogens is 182 g/mol. The first-order valence-corrected chi connectivity index (χ1v) is 8.52. The van der Waals surface area contributed by atoms with Crippen LogP contribution in [0.4, 0.5) is 0 Å². The molecule has 0 aromatic heterocycles. The molecular formula is C5H17NO3SSi. The van der Waals surface area contributed by atoms with Crippen molar-refractivity contribution in [2.45, 2.75) is 32.6 Å². The maximum atomic E-state index is 8.97. The van der Waals surface area contributed by atoms with Gasteiger partial charge in [-0.05, 0) is 0 Å². The van der Waals surface area contributed by atoms with Crippen LogP contribution in [0.5, 0.6) is 0 Å². The van der Waals surface area contributed by atoms with Crippen LogP contribution in [0.15, 0.2) is 0 Å². The van der Waals surface area contributed by atoms with E-state index in [-0.39, 0.29) is 0 Å². The zero-order chi connectivity index (χ0) is 9.71. The SMILES string of the molecule is CC[Si](C)(C)C.NS(=O)(=O)O. The van der Waals surface area contributed by atoms with Gasteiger partial charge in [0.2, 0.25) is 0 Å². The van der Waals surface area contributed by atoms with E-state index in [0.717, 1.165) is 0 Å². The smallest absolute Gasteiger partial charge is 0.274 e. The van der Waals surface area contributed by atoms with Crippen LogP contribution in [0.1, 0.15) is 6.92 Å². The molecule has 0 amide bonds. The lowest BCUT2D eigenvalue weighted by atomic mass is 11.0. The summed E-state index contributed by atoms with van der Waals surface area (Å²) in [5, 5.41) is 3.88. The van der Waals surface area contributed by atoms with Crippen LogP contribution in [0.3, 0.4) is 0 Å². The minimum Gasteiger partial charge on any atom is -0.274 e. The number of rotatable bonds is 1. The predicted octanol–water partition coefficient (Wildman–Crippen LogP) is 1.09. The average molecular weight is 199 g/mol. The Kier molecular flexibility index (Phi) is 6.04. The van der Waals surface area contributed by atoms with Gasteiger partial charge in [-0.1, -0.05) is 32.6 Å². The normalized spacial score (nSPS) is 11.8. The van der Waals surface area contributed by atoms with Crippen molar-refractivity contribution in [3.63, 3.8) is 0 Å². The molecule has 0 heterocycles. The fourth-order valence-corrected chi connectivity index (χ4v) is 0. The van der Waals surface area contributed by atoms with E-state index in [1.165, 1.54) is 6.04 Å². The van der Waals surface area contributed by atoms with Crippen LogP contribution in [0.2, 0.25) is 25.7 Å². The highest BCUT2D eigenvalue weighted by molar-refractivity contribution is 7.83. The van der Waals surface area contributed by atoms with Crippen molar-refractivity contribution in [2.24, 2.45) is 5.14 Å². The molecule has 0 rings (SSSR count). The molecule has 4 nitrogen and oxygen atoms in total. The lowest BCUT2D eigenvalue weighted by molar-refractivity contribution is 0.485. The van der Waals surface area contributed by atoms with Crippen LogP contribution in [-0.2, 0) is 10.3 Å². The van der Waals surface area contributed by atoms with Gasteiger partial charge in [0.05, 0.1) is 0 Å². The van der Waals surface area contributed by atoms with Gasteiger partial charge < -0.3 is 0 Å². The van der Waals surface area contributed by atoms with Gasteiger partial charge in [-0.2, -0.15) is 8.42 Å². The first-order valence-electron chi connectivity index (χ1n) is 3.31. The lowest BCUT2D eigenvalue weighted by Crippen LogP contribution is -2.16. The van der Waals surface area contributed by atoms with Gasteiger partial charge >= 0.3 is 10.3 Å². The molecule has 0 aromatic rings. The van der Waals surface area contributed by atoms with Crippen molar-refractivity contribution in [3.05, 3.63) is 0 Å². The molecule has 0 unspecified atom stereocenters. The Labute approximate surface area is 69.7 Å². The maximum absolute atomic E-state index is 8.97. The van der Waals surface area contributed by atoms with Crippen LogP contribution in [-0.4, -0.2) is 21.0 Å². The lowest BCUT2D eigenvalue weighted by Gasteiger charge is -2.09. The van der Waals surface area contributed by atoms with E-state index < -0.39 is 18.4 Å². The van der Waals surface area contributed by atoms with Crippen molar-refractivity contribution in [3.8, 4) is 0 Å². The van der Waals surface area contributed by atoms with E-state index in [1.54, 1.807) is 0 Å². The highest BCUT2D eigenvalue weighted by Crippen LogP contribution is 2.04. The van der Waals surface area contributed by atoms with Crippen LogP contribution in [0.25, 0.3) is 0 Å². The van der Waals surface area contributed by atoms with Crippen LogP contribution >= 0.6 is 0 Å². The van der Waals surface area contributed by atoms with Crippen molar-refractivity contribution in [1.82, 2.24) is 0 Å². The standard InChI is InChI=1S/C5H14Si.H3NO3S/c1-5-6(2,3)4;1-5(2,3)4/h5H2,1-4H3;(H3,1,2,3,4). The summed E-state index contributed by atoms with van der Waals surface area (Å²) >= 11 is 0. The molecule has 0 aliphatic carbocycles. The molecule has 0 aliphatic heterocycles. The first-order chi connectivity index (χ1) is 4.56. The van der Waals surface area contributed by atoms with Gasteiger partial charge in [0.25, 0.3) is 0 Å². The highest BCUT2D eigenvalue weighted by atomic mass is 32.2. The minimum atomic E-state index is -4.17. The Hall–Kier alpha value is 0.0869. The van der Waals surface area contributed by atoms with Gasteiger partial charge in [-0.15, -0.1) is 0 Å².